The Morgan fingerprint density at radius 2 is 1.92 bits per heavy atom. The van der Waals surface area contributed by atoms with Crippen molar-refractivity contribution in [1.29, 1.82) is 0 Å². The standard InChI is InChI=1S/C33H32ClF4N7O3/c1-18(46-3)16-45-27(40-25-13-20(15-39-30(25)45)29-41-31(43-42-29)33(36,37)38)17-44-11-9-19(10-12-44)22-5-4-6-26-28(22)48-32(2,47-26)23-8-7-21(34)14-24(23)35/h4-8,13-15,18-19H,9-12,16-17H2,1-3H3,(H,41,42,43)/t18-,32?/m0/s1. The van der Waals surface area contributed by atoms with E-state index in [1.807, 2.05) is 34.8 Å². The highest BCUT2D eigenvalue weighted by Gasteiger charge is 2.43. The van der Waals surface area contributed by atoms with Crippen LogP contribution in [-0.2, 0) is 29.8 Å². The molecule has 0 amide bonds. The number of imidazole rings is 1. The van der Waals surface area contributed by atoms with Crippen molar-refractivity contribution in [3.8, 4) is 22.9 Å². The van der Waals surface area contributed by atoms with Gasteiger partial charge < -0.3 is 18.8 Å². The third kappa shape index (κ3) is 6.08. The van der Waals surface area contributed by atoms with E-state index in [1.165, 1.54) is 12.3 Å². The molecule has 2 aliphatic heterocycles. The SMILES string of the molecule is CO[C@@H](C)Cn1c(CN2CCC(c3cccc4c3OC(C)(c3ccc(Cl)cc3F)O4)CC2)nc2cc(-c3n[nH]c(C(F)(F)F)n3)cnc21. The summed E-state index contributed by atoms with van der Waals surface area (Å²) in [4.78, 5) is 15.3. The third-order valence-electron chi connectivity index (χ3n) is 8.94. The summed E-state index contributed by atoms with van der Waals surface area (Å²) in [6.45, 7) is 6.22. The number of methoxy groups -OCH3 is 1. The third-order valence-corrected chi connectivity index (χ3v) is 9.18. The largest absolute Gasteiger partial charge is 0.451 e. The van der Waals surface area contributed by atoms with Crippen LogP contribution in [0.3, 0.4) is 0 Å². The Labute approximate surface area is 278 Å². The van der Waals surface area contributed by atoms with Gasteiger partial charge in [0.05, 0.1) is 24.8 Å². The zero-order valence-corrected chi connectivity index (χ0v) is 27.1. The first-order chi connectivity index (χ1) is 22.9. The van der Waals surface area contributed by atoms with Crippen molar-refractivity contribution in [3.05, 3.63) is 82.3 Å². The van der Waals surface area contributed by atoms with Gasteiger partial charge in [0, 0.05) is 36.4 Å². The first-order valence-corrected chi connectivity index (χ1v) is 15.9. The van der Waals surface area contributed by atoms with E-state index in [0.29, 0.717) is 46.3 Å². The van der Waals surface area contributed by atoms with E-state index in [-0.39, 0.29) is 23.4 Å². The number of alkyl halides is 3. The molecule has 7 rings (SSSR count). The van der Waals surface area contributed by atoms with Crippen molar-refractivity contribution < 1.29 is 31.8 Å². The predicted octanol–water partition coefficient (Wildman–Crippen LogP) is 7.09. The van der Waals surface area contributed by atoms with Crippen molar-refractivity contribution in [3.63, 3.8) is 0 Å². The lowest BCUT2D eigenvalue weighted by atomic mass is 9.88. The van der Waals surface area contributed by atoms with E-state index in [9.17, 15) is 17.6 Å². The smallest absolute Gasteiger partial charge is 0.444 e. The van der Waals surface area contributed by atoms with Gasteiger partial charge in [-0.15, -0.1) is 0 Å². The van der Waals surface area contributed by atoms with Crippen LogP contribution in [0.1, 0.15) is 55.4 Å². The second kappa shape index (κ2) is 12.3. The number of H-pyrrole nitrogens is 1. The summed E-state index contributed by atoms with van der Waals surface area (Å²) in [6, 6.07) is 11.9. The number of para-hydroxylation sites is 1. The molecular formula is C33H32ClF4N7O3. The minimum atomic E-state index is -4.64. The Morgan fingerprint density at radius 3 is 2.62 bits per heavy atom. The van der Waals surface area contributed by atoms with E-state index in [4.69, 9.17) is 30.8 Å². The van der Waals surface area contributed by atoms with Crippen LogP contribution >= 0.6 is 11.6 Å². The number of nitrogens with zero attached hydrogens (tertiary/aromatic N) is 6. The van der Waals surface area contributed by atoms with Gasteiger partial charge in [-0.1, -0.05) is 23.7 Å². The number of hydrogen-bond donors (Lipinski definition) is 1. The Morgan fingerprint density at radius 1 is 1.12 bits per heavy atom. The summed E-state index contributed by atoms with van der Waals surface area (Å²) >= 11 is 5.97. The fourth-order valence-electron chi connectivity index (χ4n) is 6.38. The van der Waals surface area contributed by atoms with Gasteiger partial charge >= 0.3 is 6.18 Å². The molecular weight excluding hydrogens is 654 g/mol. The first-order valence-electron chi connectivity index (χ1n) is 15.5. The number of fused-ring (bicyclic) bond motifs is 2. The molecule has 5 heterocycles. The summed E-state index contributed by atoms with van der Waals surface area (Å²) in [5, 5.41) is 5.97. The number of piperidine rings is 1. The van der Waals surface area contributed by atoms with Gasteiger partial charge in [-0.2, -0.15) is 18.3 Å². The number of halogens is 5. The molecule has 0 aliphatic carbocycles. The number of nitrogens with one attached hydrogen (secondary N) is 1. The Hall–Kier alpha value is -4.27. The summed E-state index contributed by atoms with van der Waals surface area (Å²) < 4.78 is 74.2. The van der Waals surface area contributed by atoms with Gasteiger partial charge in [-0.3, -0.25) is 10.00 Å². The van der Waals surface area contributed by atoms with Crippen molar-refractivity contribution in [2.24, 2.45) is 0 Å². The van der Waals surface area contributed by atoms with Crippen LogP contribution in [0.15, 0.2) is 48.7 Å². The maximum absolute atomic E-state index is 14.9. The number of likely N-dealkylation sites (tertiary alicyclic amines) is 1. The quantitative estimate of drug-likeness (QED) is 0.173. The molecule has 15 heteroatoms. The molecule has 0 radical (unpaired) electrons. The fraction of sp³-hybridized carbons (Fsp3) is 0.394. The zero-order valence-electron chi connectivity index (χ0n) is 26.3. The Balaban J connectivity index is 1.09. The van der Waals surface area contributed by atoms with Crippen molar-refractivity contribution in [2.45, 2.75) is 63.8 Å². The summed E-state index contributed by atoms with van der Waals surface area (Å²) in [7, 11) is 1.63. The highest BCUT2D eigenvalue weighted by atomic mass is 35.5. The van der Waals surface area contributed by atoms with E-state index in [1.54, 1.807) is 32.2 Å². The van der Waals surface area contributed by atoms with Crippen molar-refractivity contribution in [2.75, 3.05) is 20.2 Å². The average Bonchev–Trinajstić information content (AvgIpc) is 3.77. The molecule has 3 aromatic heterocycles. The topological polar surface area (TPSA) is 103 Å². The zero-order chi connectivity index (χ0) is 33.8. The lowest BCUT2D eigenvalue weighted by molar-refractivity contribution is -0.144. The van der Waals surface area contributed by atoms with Crippen LogP contribution in [0, 0.1) is 5.82 Å². The van der Waals surface area contributed by atoms with E-state index < -0.39 is 23.6 Å². The second-order valence-corrected chi connectivity index (χ2v) is 12.7. The van der Waals surface area contributed by atoms with Crippen LogP contribution in [0.4, 0.5) is 17.6 Å². The monoisotopic (exact) mass is 685 g/mol. The lowest BCUT2D eigenvalue weighted by Gasteiger charge is -2.32. The number of rotatable bonds is 8. The molecule has 0 bridgehead atoms. The maximum Gasteiger partial charge on any atom is 0.451 e. The minimum absolute atomic E-state index is 0.111. The molecule has 1 saturated heterocycles. The molecule has 10 nitrogen and oxygen atoms in total. The van der Waals surface area contributed by atoms with Gasteiger partial charge in [0.2, 0.25) is 5.82 Å². The highest BCUT2D eigenvalue weighted by Crippen LogP contribution is 2.50. The summed E-state index contributed by atoms with van der Waals surface area (Å²) in [6.07, 6.45) is -1.64. The van der Waals surface area contributed by atoms with E-state index in [0.717, 1.165) is 37.3 Å². The molecule has 0 saturated carbocycles. The molecule has 252 valence electrons. The van der Waals surface area contributed by atoms with Crippen LogP contribution in [0.2, 0.25) is 5.02 Å². The minimum Gasteiger partial charge on any atom is -0.444 e. The number of hydrogen-bond acceptors (Lipinski definition) is 8. The van der Waals surface area contributed by atoms with Gasteiger partial charge in [0.15, 0.2) is 23.0 Å². The second-order valence-electron chi connectivity index (χ2n) is 12.3. The van der Waals surface area contributed by atoms with E-state index >= 15 is 0 Å². The number of aromatic nitrogens is 6. The molecule has 1 fully saturated rings. The molecule has 0 spiro atoms. The van der Waals surface area contributed by atoms with Gasteiger partial charge in [0.1, 0.15) is 17.2 Å². The summed E-state index contributed by atoms with van der Waals surface area (Å²) in [5.74, 6) is -0.964. The number of aromatic amines is 1. The predicted molar refractivity (Wildman–Crippen MR) is 168 cm³/mol. The highest BCUT2D eigenvalue weighted by molar-refractivity contribution is 6.30. The number of benzene rings is 2. The van der Waals surface area contributed by atoms with E-state index in [2.05, 4.69) is 20.0 Å². The number of ether oxygens (including phenoxy) is 3. The lowest BCUT2D eigenvalue weighted by Crippen LogP contribution is -2.34. The van der Waals surface area contributed by atoms with Crippen molar-refractivity contribution >= 4 is 22.8 Å². The molecule has 5 aromatic rings. The van der Waals surface area contributed by atoms with Gasteiger partial charge in [-0.25, -0.2) is 19.3 Å². The Bertz CT molecular complexity index is 1970. The molecule has 2 aromatic carbocycles. The molecule has 48 heavy (non-hydrogen) atoms. The van der Waals surface area contributed by atoms with Crippen LogP contribution in [-0.4, -0.2) is 60.9 Å². The molecule has 2 aliphatic rings. The fourth-order valence-corrected chi connectivity index (χ4v) is 6.54. The van der Waals surface area contributed by atoms with Crippen LogP contribution in [0.25, 0.3) is 22.6 Å². The molecule has 1 N–H and O–H groups in total. The normalized spacial score (nSPS) is 19.3. The maximum atomic E-state index is 14.9. The van der Waals surface area contributed by atoms with Gasteiger partial charge in [0.25, 0.3) is 5.79 Å². The molecule has 1 unspecified atom stereocenters. The van der Waals surface area contributed by atoms with Gasteiger partial charge in [-0.05, 0) is 69.1 Å². The van der Waals surface area contributed by atoms with Crippen LogP contribution in [0.5, 0.6) is 11.5 Å². The number of pyridine rings is 1. The Kier molecular flexibility index (Phi) is 8.28. The molecule has 2 atom stereocenters. The average molecular weight is 686 g/mol. The van der Waals surface area contributed by atoms with Crippen molar-refractivity contribution in [1.82, 2.24) is 34.6 Å². The first kappa shape index (κ1) is 32.3. The summed E-state index contributed by atoms with van der Waals surface area (Å²) in [5.41, 5.74) is 2.72. The van der Waals surface area contributed by atoms with Crippen LogP contribution < -0.4 is 9.47 Å².